The van der Waals surface area contributed by atoms with E-state index in [1.807, 2.05) is 11.0 Å². The van der Waals surface area contributed by atoms with Gasteiger partial charge in [-0.1, -0.05) is 6.07 Å². The van der Waals surface area contributed by atoms with E-state index in [0.717, 1.165) is 51.1 Å². The molecular weight excluding hydrogens is 316 g/mol. The maximum Gasteiger partial charge on any atom is 0.317 e. The lowest BCUT2D eigenvalue weighted by atomic mass is 9.98. The van der Waals surface area contributed by atoms with E-state index in [0.29, 0.717) is 18.5 Å². The molecule has 6 nitrogen and oxygen atoms in total. The van der Waals surface area contributed by atoms with Gasteiger partial charge in [-0.3, -0.25) is 10.9 Å². The first kappa shape index (κ1) is 18.0. The van der Waals surface area contributed by atoms with Gasteiger partial charge in [0.25, 0.3) is 0 Å². The first-order valence-electron chi connectivity index (χ1n) is 9.34. The fraction of sp³-hybridized carbons (Fsp3) is 0.632. The molecule has 2 aliphatic heterocycles. The van der Waals surface area contributed by atoms with E-state index in [1.54, 1.807) is 7.11 Å². The van der Waals surface area contributed by atoms with E-state index in [9.17, 15) is 4.79 Å². The van der Waals surface area contributed by atoms with Crippen LogP contribution in [0.5, 0.6) is 5.75 Å². The predicted molar refractivity (Wildman–Crippen MR) is 98.4 cm³/mol. The lowest BCUT2D eigenvalue weighted by Gasteiger charge is -2.22. The molecule has 138 valence electrons. The number of benzene rings is 1. The van der Waals surface area contributed by atoms with Gasteiger partial charge in [0.1, 0.15) is 5.75 Å². The van der Waals surface area contributed by atoms with Crippen molar-refractivity contribution < 1.29 is 9.53 Å². The molecule has 6 heteroatoms. The topological polar surface area (TPSA) is 65.6 Å². The highest BCUT2D eigenvalue weighted by atomic mass is 16.5. The van der Waals surface area contributed by atoms with Crippen LogP contribution >= 0.6 is 0 Å². The summed E-state index contributed by atoms with van der Waals surface area (Å²) in [5, 5.41) is 3.09. The van der Waals surface area contributed by atoms with Crippen molar-refractivity contribution >= 4 is 6.03 Å². The summed E-state index contributed by atoms with van der Waals surface area (Å²) in [6.07, 6.45) is 4.14. The SMILES string of the molecule is COc1ccc2c(c1)CCCN(C(=O)NCCCC1CNNC1C)C2. The Bertz CT molecular complexity index is 593. The molecule has 25 heavy (non-hydrogen) atoms. The number of hydrogen-bond acceptors (Lipinski definition) is 4. The quantitative estimate of drug-likeness (QED) is 0.714. The summed E-state index contributed by atoms with van der Waals surface area (Å²) in [4.78, 5) is 14.4. The standard InChI is InChI=1S/C19H30N4O2/c1-14-16(12-21-22-14)5-3-9-20-19(24)23-10-4-6-15-11-18(25-2)8-7-17(15)13-23/h7-8,11,14,16,21-22H,3-6,9-10,12-13H2,1-2H3,(H,20,24). The van der Waals surface area contributed by atoms with Crippen molar-refractivity contribution in [1.82, 2.24) is 21.1 Å². The number of hydrazine groups is 1. The summed E-state index contributed by atoms with van der Waals surface area (Å²) in [6.45, 7) is 5.44. The second kappa shape index (κ2) is 8.54. The van der Waals surface area contributed by atoms with Crippen molar-refractivity contribution in [1.29, 1.82) is 0 Å². The van der Waals surface area contributed by atoms with Crippen LogP contribution in [0.25, 0.3) is 0 Å². The number of hydrogen-bond donors (Lipinski definition) is 3. The molecule has 2 unspecified atom stereocenters. The molecule has 0 radical (unpaired) electrons. The number of carbonyl (C=O) groups excluding carboxylic acids is 1. The van der Waals surface area contributed by atoms with E-state index in [-0.39, 0.29) is 6.03 Å². The Morgan fingerprint density at radius 1 is 1.40 bits per heavy atom. The second-order valence-electron chi connectivity index (χ2n) is 7.11. The predicted octanol–water partition coefficient (Wildman–Crippen LogP) is 2.05. The minimum atomic E-state index is 0.0550. The molecule has 0 aliphatic carbocycles. The highest BCUT2D eigenvalue weighted by molar-refractivity contribution is 5.74. The van der Waals surface area contributed by atoms with Crippen molar-refractivity contribution in [2.75, 3.05) is 26.7 Å². The number of methoxy groups -OCH3 is 1. The molecule has 3 rings (SSSR count). The van der Waals surface area contributed by atoms with Crippen LogP contribution < -0.4 is 20.9 Å². The fourth-order valence-electron chi connectivity index (χ4n) is 3.70. The molecule has 2 atom stereocenters. The monoisotopic (exact) mass is 346 g/mol. The number of aryl methyl sites for hydroxylation is 1. The van der Waals surface area contributed by atoms with Gasteiger partial charge in [0.05, 0.1) is 7.11 Å². The van der Waals surface area contributed by atoms with E-state index < -0.39 is 0 Å². The highest BCUT2D eigenvalue weighted by Gasteiger charge is 2.22. The summed E-state index contributed by atoms with van der Waals surface area (Å²) < 4.78 is 5.31. The van der Waals surface area contributed by atoms with Crippen LogP contribution in [0.15, 0.2) is 18.2 Å². The normalized spacial score (nSPS) is 23.0. The third-order valence-corrected chi connectivity index (χ3v) is 5.37. The molecule has 2 aliphatic rings. The van der Waals surface area contributed by atoms with Gasteiger partial charge in [-0.15, -0.1) is 0 Å². The summed E-state index contributed by atoms with van der Waals surface area (Å²) >= 11 is 0. The summed E-state index contributed by atoms with van der Waals surface area (Å²) in [7, 11) is 1.69. The Hall–Kier alpha value is -1.79. The van der Waals surface area contributed by atoms with Crippen LogP contribution in [-0.2, 0) is 13.0 Å². The molecule has 0 spiro atoms. The van der Waals surface area contributed by atoms with Crippen LogP contribution in [0.3, 0.4) is 0 Å². The zero-order valence-electron chi connectivity index (χ0n) is 15.3. The van der Waals surface area contributed by atoms with Crippen LogP contribution in [0.1, 0.15) is 37.3 Å². The van der Waals surface area contributed by atoms with Gasteiger partial charge in [-0.25, -0.2) is 4.79 Å². The Labute approximate surface area is 150 Å². The minimum absolute atomic E-state index is 0.0550. The number of fused-ring (bicyclic) bond motifs is 1. The summed E-state index contributed by atoms with van der Waals surface area (Å²) in [6, 6.07) is 6.72. The Morgan fingerprint density at radius 2 is 2.28 bits per heavy atom. The minimum Gasteiger partial charge on any atom is -0.497 e. The highest BCUT2D eigenvalue weighted by Crippen LogP contribution is 2.23. The van der Waals surface area contributed by atoms with E-state index >= 15 is 0 Å². The van der Waals surface area contributed by atoms with Crippen molar-refractivity contribution in [3.8, 4) is 5.75 Å². The largest absolute Gasteiger partial charge is 0.497 e. The molecule has 1 aromatic rings. The zero-order chi connectivity index (χ0) is 17.6. The van der Waals surface area contributed by atoms with E-state index in [1.165, 1.54) is 11.1 Å². The average molecular weight is 346 g/mol. The van der Waals surface area contributed by atoms with Gasteiger partial charge in [0, 0.05) is 32.2 Å². The van der Waals surface area contributed by atoms with Crippen molar-refractivity contribution in [3.63, 3.8) is 0 Å². The lowest BCUT2D eigenvalue weighted by Crippen LogP contribution is -2.40. The molecule has 1 aromatic carbocycles. The fourth-order valence-corrected chi connectivity index (χ4v) is 3.70. The number of urea groups is 1. The van der Waals surface area contributed by atoms with E-state index in [4.69, 9.17) is 4.74 Å². The van der Waals surface area contributed by atoms with Crippen molar-refractivity contribution in [3.05, 3.63) is 29.3 Å². The van der Waals surface area contributed by atoms with Gasteiger partial charge >= 0.3 is 6.03 Å². The molecule has 3 N–H and O–H groups in total. The Balaban J connectivity index is 1.46. The second-order valence-corrected chi connectivity index (χ2v) is 7.11. The molecule has 0 bridgehead atoms. The van der Waals surface area contributed by atoms with Gasteiger partial charge in [-0.2, -0.15) is 0 Å². The Morgan fingerprint density at radius 3 is 3.04 bits per heavy atom. The summed E-state index contributed by atoms with van der Waals surface area (Å²) in [5.41, 5.74) is 8.96. The van der Waals surface area contributed by atoms with Gasteiger partial charge in [0.15, 0.2) is 0 Å². The van der Waals surface area contributed by atoms with Crippen LogP contribution in [0.4, 0.5) is 4.79 Å². The van der Waals surface area contributed by atoms with Gasteiger partial charge in [-0.05, 0) is 61.8 Å². The number of nitrogens with zero attached hydrogens (tertiary/aromatic N) is 1. The molecular formula is C19H30N4O2. The number of ether oxygens (including phenoxy) is 1. The third kappa shape index (κ3) is 4.64. The number of nitrogens with one attached hydrogen (secondary N) is 3. The first-order chi connectivity index (χ1) is 12.2. The number of amides is 2. The van der Waals surface area contributed by atoms with Crippen molar-refractivity contribution in [2.24, 2.45) is 5.92 Å². The van der Waals surface area contributed by atoms with Gasteiger partial charge < -0.3 is 15.0 Å². The van der Waals surface area contributed by atoms with Gasteiger partial charge in [0.2, 0.25) is 0 Å². The number of carbonyl (C=O) groups is 1. The maximum absolute atomic E-state index is 12.5. The zero-order valence-corrected chi connectivity index (χ0v) is 15.3. The maximum atomic E-state index is 12.5. The first-order valence-corrected chi connectivity index (χ1v) is 9.34. The van der Waals surface area contributed by atoms with Crippen LogP contribution in [0.2, 0.25) is 0 Å². The molecule has 2 amide bonds. The lowest BCUT2D eigenvalue weighted by molar-refractivity contribution is 0.195. The average Bonchev–Trinajstić information content (AvgIpc) is 2.91. The Kier molecular flexibility index (Phi) is 6.15. The number of rotatable bonds is 5. The smallest absolute Gasteiger partial charge is 0.317 e. The van der Waals surface area contributed by atoms with Crippen LogP contribution in [0, 0.1) is 5.92 Å². The molecule has 0 aromatic heterocycles. The molecule has 2 heterocycles. The van der Waals surface area contributed by atoms with Crippen LogP contribution in [-0.4, -0.2) is 43.7 Å². The molecule has 0 saturated carbocycles. The summed E-state index contributed by atoms with van der Waals surface area (Å²) in [5.74, 6) is 1.54. The van der Waals surface area contributed by atoms with Crippen molar-refractivity contribution in [2.45, 2.75) is 45.2 Å². The molecule has 1 saturated heterocycles. The third-order valence-electron chi connectivity index (χ3n) is 5.37. The molecule has 1 fully saturated rings. The van der Waals surface area contributed by atoms with E-state index in [2.05, 4.69) is 35.2 Å².